The second kappa shape index (κ2) is 8.23. The summed E-state index contributed by atoms with van der Waals surface area (Å²) in [6.45, 7) is 4.14. The molecule has 1 aromatic heterocycles. The summed E-state index contributed by atoms with van der Waals surface area (Å²) in [4.78, 5) is 16.5. The molecular formula is C22H20ClNO3. The predicted octanol–water partition coefficient (Wildman–Crippen LogP) is 5.80. The van der Waals surface area contributed by atoms with Gasteiger partial charge in [-0.3, -0.25) is 4.98 Å². The number of benzene rings is 2. The first-order valence-electron chi connectivity index (χ1n) is 8.66. The number of halogens is 1. The van der Waals surface area contributed by atoms with Gasteiger partial charge in [0.15, 0.2) is 0 Å². The molecule has 5 heteroatoms. The Balaban J connectivity index is 2.06. The Bertz CT molecular complexity index is 955. The minimum atomic E-state index is -1.03. The number of aromatic carboxylic acids is 1. The molecule has 0 aliphatic rings. The quantitative estimate of drug-likeness (QED) is 0.586. The first-order chi connectivity index (χ1) is 13.0. The largest absolute Gasteiger partial charge is 0.487 e. The third-order valence-electron chi connectivity index (χ3n) is 4.16. The van der Waals surface area contributed by atoms with Crippen molar-refractivity contribution in [3.8, 4) is 16.9 Å². The number of rotatable bonds is 6. The van der Waals surface area contributed by atoms with Crippen LogP contribution in [0.4, 0.5) is 0 Å². The molecule has 0 saturated heterocycles. The first kappa shape index (κ1) is 18.9. The van der Waals surface area contributed by atoms with Gasteiger partial charge in [0.1, 0.15) is 12.4 Å². The highest BCUT2D eigenvalue weighted by Gasteiger charge is 2.20. The van der Waals surface area contributed by atoms with Gasteiger partial charge in [0, 0.05) is 10.6 Å². The van der Waals surface area contributed by atoms with E-state index in [2.05, 4.69) is 4.98 Å². The maximum atomic E-state index is 11.8. The molecule has 0 aliphatic heterocycles. The number of carboxylic acids is 1. The van der Waals surface area contributed by atoms with Crippen molar-refractivity contribution in [2.24, 2.45) is 0 Å². The Morgan fingerprint density at radius 2 is 1.85 bits per heavy atom. The average Bonchev–Trinajstić information content (AvgIpc) is 2.66. The zero-order chi connectivity index (χ0) is 19.4. The van der Waals surface area contributed by atoms with Gasteiger partial charge in [0.2, 0.25) is 0 Å². The molecule has 4 nitrogen and oxygen atoms in total. The predicted molar refractivity (Wildman–Crippen MR) is 107 cm³/mol. The van der Waals surface area contributed by atoms with Crippen molar-refractivity contribution in [2.45, 2.75) is 26.4 Å². The van der Waals surface area contributed by atoms with Crippen molar-refractivity contribution in [3.05, 3.63) is 82.6 Å². The van der Waals surface area contributed by atoms with E-state index in [0.717, 1.165) is 16.8 Å². The SMILES string of the molecule is CC(C)c1nc(COc2ccccc2)c(C(=O)O)cc1-c1cccc(Cl)c1. The average molecular weight is 382 g/mol. The molecule has 2 aromatic carbocycles. The zero-order valence-electron chi connectivity index (χ0n) is 15.1. The van der Waals surface area contributed by atoms with Gasteiger partial charge in [0.05, 0.1) is 17.0 Å². The van der Waals surface area contributed by atoms with Gasteiger partial charge in [0.25, 0.3) is 0 Å². The van der Waals surface area contributed by atoms with Gasteiger partial charge in [-0.05, 0) is 41.8 Å². The fourth-order valence-corrected chi connectivity index (χ4v) is 3.05. The van der Waals surface area contributed by atoms with Crippen molar-refractivity contribution in [1.82, 2.24) is 4.98 Å². The summed E-state index contributed by atoms with van der Waals surface area (Å²) in [5, 5.41) is 10.3. The van der Waals surface area contributed by atoms with Gasteiger partial charge < -0.3 is 9.84 Å². The summed E-state index contributed by atoms with van der Waals surface area (Å²) in [5.74, 6) is -0.259. The maximum Gasteiger partial charge on any atom is 0.337 e. The highest BCUT2D eigenvalue weighted by molar-refractivity contribution is 6.30. The van der Waals surface area contributed by atoms with Gasteiger partial charge in [-0.25, -0.2) is 4.79 Å². The number of hydrogen-bond acceptors (Lipinski definition) is 3. The van der Waals surface area contributed by atoms with Gasteiger partial charge in [-0.2, -0.15) is 0 Å². The molecule has 0 atom stereocenters. The smallest absolute Gasteiger partial charge is 0.337 e. The number of nitrogens with zero attached hydrogens (tertiary/aromatic N) is 1. The van der Waals surface area contributed by atoms with E-state index in [1.165, 1.54) is 0 Å². The summed E-state index contributed by atoms with van der Waals surface area (Å²) in [5.41, 5.74) is 2.96. The van der Waals surface area contributed by atoms with Crippen LogP contribution in [-0.4, -0.2) is 16.1 Å². The lowest BCUT2D eigenvalue weighted by Gasteiger charge is -2.17. The van der Waals surface area contributed by atoms with Crippen LogP contribution in [0.5, 0.6) is 5.75 Å². The van der Waals surface area contributed by atoms with Crippen molar-refractivity contribution in [3.63, 3.8) is 0 Å². The molecule has 1 heterocycles. The molecule has 0 radical (unpaired) electrons. The van der Waals surface area contributed by atoms with E-state index in [0.29, 0.717) is 16.5 Å². The molecule has 1 N–H and O–H groups in total. The molecule has 0 aliphatic carbocycles. The van der Waals surface area contributed by atoms with Crippen LogP contribution in [0.15, 0.2) is 60.7 Å². The van der Waals surface area contributed by atoms with E-state index in [4.69, 9.17) is 16.3 Å². The number of carbonyl (C=O) groups is 1. The number of ether oxygens (including phenoxy) is 1. The van der Waals surface area contributed by atoms with Gasteiger partial charge >= 0.3 is 5.97 Å². The fourth-order valence-electron chi connectivity index (χ4n) is 2.86. The molecular weight excluding hydrogens is 362 g/mol. The number of pyridine rings is 1. The minimum Gasteiger partial charge on any atom is -0.487 e. The molecule has 0 bridgehead atoms. The second-order valence-electron chi connectivity index (χ2n) is 6.49. The summed E-state index contributed by atoms with van der Waals surface area (Å²) >= 11 is 6.12. The van der Waals surface area contributed by atoms with E-state index in [1.807, 2.05) is 62.4 Å². The Labute approximate surface area is 163 Å². The third kappa shape index (κ3) is 4.47. The van der Waals surface area contributed by atoms with Crippen LogP contribution in [0.25, 0.3) is 11.1 Å². The number of aromatic nitrogens is 1. The van der Waals surface area contributed by atoms with Crippen molar-refractivity contribution >= 4 is 17.6 Å². The molecule has 0 amide bonds. The van der Waals surface area contributed by atoms with Crippen LogP contribution in [0.3, 0.4) is 0 Å². The van der Waals surface area contributed by atoms with Crippen LogP contribution >= 0.6 is 11.6 Å². The standard InChI is InChI=1S/C22H20ClNO3/c1-14(2)21-18(15-7-6-8-16(23)11-15)12-19(22(25)26)20(24-21)13-27-17-9-4-3-5-10-17/h3-12,14H,13H2,1-2H3,(H,25,26). The Kier molecular flexibility index (Phi) is 5.77. The molecule has 0 saturated carbocycles. The summed E-state index contributed by atoms with van der Waals surface area (Å²) in [7, 11) is 0. The highest BCUT2D eigenvalue weighted by Crippen LogP contribution is 2.31. The Hall–Kier alpha value is -2.85. The van der Waals surface area contributed by atoms with E-state index < -0.39 is 5.97 Å². The summed E-state index contributed by atoms with van der Waals surface area (Å²) < 4.78 is 5.74. The Morgan fingerprint density at radius 1 is 1.11 bits per heavy atom. The third-order valence-corrected chi connectivity index (χ3v) is 4.40. The summed E-state index contributed by atoms with van der Waals surface area (Å²) in [6.07, 6.45) is 0. The lowest BCUT2D eigenvalue weighted by atomic mass is 9.95. The van der Waals surface area contributed by atoms with Gasteiger partial charge in [-0.1, -0.05) is 55.8 Å². The van der Waals surface area contributed by atoms with Crippen LogP contribution in [0.2, 0.25) is 5.02 Å². The van der Waals surface area contributed by atoms with E-state index in [9.17, 15) is 9.90 Å². The fraction of sp³-hybridized carbons (Fsp3) is 0.182. The van der Waals surface area contributed by atoms with Crippen molar-refractivity contribution in [2.75, 3.05) is 0 Å². The van der Waals surface area contributed by atoms with Crippen molar-refractivity contribution in [1.29, 1.82) is 0 Å². The molecule has 3 rings (SSSR count). The molecule has 0 unspecified atom stereocenters. The zero-order valence-corrected chi connectivity index (χ0v) is 15.9. The molecule has 0 spiro atoms. The van der Waals surface area contributed by atoms with E-state index in [1.54, 1.807) is 12.1 Å². The molecule has 27 heavy (non-hydrogen) atoms. The van der Waals surface area contributed by atoms with Crippen molar-refractivity contribution < 1.29 is 14.6 Å². The van der Waals surface area contributed by atoms with E-state index >= 15 is 0 Å². The lowest BCUT2D eigenvalue weighted by molar-refractivity contribution is 0.0693. The monoisotopic (exact) mass is 381 g/mol. The normalized spacial score (nSPS) is 10.8. The Morgan fingerprint density at radius 3 is 2.48 bits per heavy atom. The minimum absolute atomic E-state index is 0.0845. The molecule has 3 aromatic rings. The maximum absolute atomic E-state index is 11.8. The number of carboxylic acid groups (broad SMARTS) is 1. The van der Waals surface area contributed by atoms with Crippen LogP contribution in [0, 0.1) is 0 Å². The lowest BCUT2D eigenvalue weighted by Crippen LogP contribution is -2.12. The second-order valence-corrected chi connectivity index (χ2v) is 6.92. The van der Waals surface area contributed by atoms with Crippen LogP contribution < -0.4 is 4.74 Å². The van der Waals surface area contributed by atoms with Crippen LogP contribution in [-0.2, 0) is 6.61 Å². The number of hydrogen-bond donors (Lipinski definition) is 1. The van der Waals surface area contributed by atoms with E-state index in [-0.39, 0.29) is 18.1 Å². The molecule has 0 fully saturated rings. The van der Waals surface area contributed by atoms with Gasteiger partial charge in [-0.15, -0.1) is 0 Å². The van der Waals surface area contributed by atoms with Crippen LogP contribution in [0.1, 0.15) is 41.5 Å². The highest BCUT2D eigenvalue weighted by atomic mass is 35.5. The summed E-state index contributed by atoms with van der Waals surface area (Å²) in [6, 6.07) is 18.3. The number of para-hydroxylation sites is 1. The first-order valence-corrected chi connectivity index (χ1v) is 9.04. The molecule has 138 valence electrons. The topological polar surface area (TPSA) is 59.4 Å².